The fourth-order valence-electron chi connectivity index (χ4n) is 1.56. The number of aromatic carboxylic acids is 1. The summed E-state index contributed by atoms with van der Waals surface area (Å²) in [4.78, 5) is 14.7. The van der Waals surface area contributed by atoms with Crippen molar-refractivity contribution in [3.63, 3.8) is 0 Å². The van der Waals surface area contributed by atoms with Crippen LogP contribution in [-0.4, -0.2) is 16.1 Å². The Morgan fingerprint density at radius 1 is 1.45 bits per heavy atom. The number of ether oxygens (including phenoxy) is 1. The van der Waals surface area contributed by atoms with Gasteiger partial charge in [0.05, 0.1) is 17.8 Å². The molecule has 0 bridgehead atoms. The Hall–Kier alpha value is -2.94. The molecule has 100 valence electrons. The molecule has 0 unspecified atom stereocenters. The molecule has 0 spiro atoms. The van der Waals surface area contributed by atoms with Gasteiger partial charge in [-0.3, -0.25) is 4.98 Å². The van der Waals surface area contributed by atoms with Crippen LogP contribution in [0.2, 0.25) is 0 Å². The van der Waals surface area contributed by atoms with Gasteiger partial charge in [-0.25, -0.2) is 9.18 Å². The fourth-order valence-corrected chi connectivity index (χ4v) is 1.56. The third-order valence-corrected chi connectivity index (χ3v) is 2.58. The van der Waals surface area contributed by atoms with Crippen LogP contribution in [0.4, 0.5) is 4.39 Å². The highest BCUT2D eigenvalue weighted by atomic mass is 19.1. The molecule has 20 heavy (non-hydrogen) atoms. The number of hydrogen-bond acceptors (Lipinski definition) is 4. The minimum absolute atomic E-state index is 0.0472. The lowest BCUT2D eigenvalue weighted by Gasteiger charge is -2.09. The number of benzene rings is 1. The molecule has 1 aromatic carbocycles. The molecular weight excluding hydrogens is 263 g/mol. The number of aromatic nitrogens is 1. The van der Waals surface area contributed by atoms with Gasteiger partial charge in [-0.05, 0) is 18.2 Å². The van der Waals surface area contributed by atoms with E-state index in [1.54, 1.807) is 0 Å². The summed E-state index contributed by atoms with van der Waals surface area (Å²) in [5, 5.41) is 17.6. The maximum Gasteiger partial charge on any atom is 0.339 e. The minimum Gasteiger partial charge on any atom is -0.486 e. The average molecular weight is 272 g/mol. The van der Waals surface area contributed by atoms with E-state index in [0.29, 0.717) is 0 Å². The van der Waals surface area contributed by atoms with Crippen molar-refractivity contribution in [3.8, 4) is 11.8 Å². The summed E-state index contributed by atoms with van der Waals surface area (Å²) < 4.78 is 18.9. The van der Waals surface area contributed by atoms with E-state index in [0.717, 1.165) is 6.07 Å². The Kier molecular flexibility index (Phi) is 3.91. The molecule has 0 atom stereocenters. The van der Waals surface area contributed by atoms with Gasteiger partial charge in [-0.2, -0.15) is 5.26 Å². The number of pyridine rings is 1. The third-order valence-electron chi connectivity index (χ3n) is 2.58. The average Bonchev–Trinajstić information content (AvgIpc) is 2.46. The predicted octanol–water partition coefficient (Wildman–Crippen LogP) is 2.37. The standard InChI is InChI=1S/C14H9FN2O3/c15-12-5-9(6-16)1-2-10(12)8-20-13-7-17-4-3-11(13)14(18)19/h1-5,7H,8H2,(H,18,19). The Morgan fingerprint density at radius 3 is 2.90 bits per heavy atom. The minimum atomic E-state index is -1.15. The van der Waals surface area contributed by atoms with Gasteiger partial charge in [-0.1, -0.05) is 6.07 Å². The molecule has 0 aliphatic heterocycles. The number of carboxylic acid groups (broad SMARTS) is 1. The smallest absolute Gasteiger partial charge is 0.339 e. The lowest BCUT2D eigenvalue weighted by Crippen LogP contribution is -2.05. The third kappa shape index (κ3) is 2.90. The predicted molar refractivity (Wildman–Crippen MR) is 66.6 cm³/mol. The van der Waals surface area contributed by atoms with Crippen LogP contribution in [0.15, 0.2) is 36.7 Å². The molecule has 1 aromatic heterocycles. The van der Waals surface area contributed by atoms with Crippen LogP contribution in [0.3, 0.4) is 0 Å². The van der Waals surface area contributed by atoms with Crippen molar-refractivity contribution >= 4 is 5.97 Å². The molecule has 2 aromatic rings. The summed E-state index contributed by atoms with van der Waals surface area (Å²) in [6.45, 7) is -0.149. The molecule has 1 heterocycles. The van der Waals surface area contributed by atoms with Crippen LogP contribution in [0.1, 0.15) is 21.5 Å². The molecule has 0 radical (unpaired) electrons. The zero-order valence-electron chi connectivity index (χ0n) is 10.2. The Bertz CT molecular complexity index is 695. The van der Waals surface area contributed by atoms with Gasteiger partial charge in [-0.15, -0.1) is 0 Å². The zero-order chi connectivity index (χ0) is 14.5. The van der Waals surface area contributed by atoms with Gasteiger partial charge < -0.3 is 9.84 Å². The lowest BCUT2D eigenvalue weighted by molar-refractivity contribution is 0.0691. The highest BCUT2D eigenvalue weighted by Crippen LogP contribution is 2.19. The van der Waals surface area contributed by atoms with E-state index in [-0.39, 0.29) is 29.0 Å². The van der Waals surface area contributed by atoms with Crippen LogP contribution >= 0.6 is 0 Å². The maximum atomic E-state index is 13.6. The number of nitrogens with zero attached hydrogens (tertiary/aromatic N) is 2. The molecule has 1 N–H and O–H groups in total. The van der Waals surface area contributed by atoms with Crippen molar-refractivity contribution in [1.29, 1.82) is 5.26 Å². The lowest BCUT2D eigenvalue weighted by atomic mass is 10.1. The quantitative estimate of drug-likeness (QED) is 0.923. The van der Waals surface area contributed by atoms with E-state index in [1.807, 2.05) is 6.07 Å². The number of carboxylic acids is 1. The van der Waals surface area contributed by atoms with E-state index in [1.165, 1.54) is 30.6 Å². The van der Waals surface area contributed by atoms with Crippen molar-refractivity contribution in [2.75, 3.05) is 0 Å². The first-order chi connectivity index (χ1) is 9.61. The number of halogens is 1. The normalized spacial score (nSPS) is 9.80. The molecule has 0 fully saturated rings. The summed E-state index contributed by atoms with van der Waals surface area (Å²) >= 11 is 0. The van der Waals surface area contributed by atoms with Crippen molar-refractivity contribution < 1.29 is 19.0 Å². The Labute approximate surface area is 113 Å². The SMILES string of the molecule is N#Cc1ccc(COc2cnccc2C(=O)O)c(F)c1. The van der Waals surface area contributed by atoms with Gasteiger partial charge in [0, 0.05) is 11.8 Å². The van der Waals surface area contributed by atoms with Gasteiger partial charge in [0.1, 0.15) is 18.0 Å². The number of carbonyl (C=O) groups is 1. The molecule has 5 nitrogen and oxygen atoms in total. The molecule has 0 aliphatic carbocycles. The van der Waals surface area contributed by atoms with Gasteiger partial charge >= 0.3 is 5.97 Å². The first-order valence-electron chi connectivity index (χ1n) is 5.60. The molecule has 0 aliphatic rings. The van der Waals surface area contributed by atoms with Gasteiger partial charge in [0.25, 0.3) is 0 Å². The van der Waals surface area contributed by atoms with E-state index in [9.17, 15) is 9.18 Å². The maximum absolute atomic E-state index is 13.6. The topological polar surface area (TPSA) is 83.2 Å². The van der Waals surface area contributed by atoms with Gasteiger partial charge in [0.2, 0.25) is 0 Å². The fraction of sp³-hybridized carbons (Fsp3) is 0.0714. The molecule has 6 heteroatoms. The second kappa shape index (κ2) is 5.80. The first kappa shape index (κ1) is 13.5. The molecule has 0 saturated heterocycles. The summed E-state index contributed by atoms with van der Waals surface area (Å²) in [6, 6.07) is 7.10. The highest BCUT2D eigenvalue weighted by Gasteiger charge is 2.12. The first-order valence-corrected chi connectivity index (χ1v) is 5.60. The second-order valence-corrected chi connectivity index (χ2v) is 3.88. The van der Waals surface area contributed by atoms with Crippen LogP contribution in [0.5, 0.6) is 5.75 Å². The molecule has 0 amide bonds. The monoisotopic (exact) mass is 272 g/mol. The van der Waals surface area contributed by atoms with E-state index in [2.05, 4.69) is 4.98 Å². The molecule has 2 rings (SSSR count). The van der Waals surface area contributed by atoms with E-state index < -0.39 is 11.8 Å². The van der Waals surface area contributed by atoms with Crippen LogP contribution < -0.4 is 4.74 Å². The van der Waals surface area contributed by atoms with Crippen molar-refractivity contribution in [2.45, 2.75) is 6.61 Å². The molecule has 0 saturated carbocycles. The summed E-state index contributed by atoms with van der Waals surface area (Å²) in [5.41, 5.74) is 0.386. The number of rotatable bonds is 4. The van der Waals surface area contributed by atoms with Gasteiger partial charge in [0.15, 0.2) is 5.75 Å². The summed E-state index contributed by atoms with van der Waals surface area (Å²) in [5.74, 6) is -1.67. The van der Waals surface area contributed by atoms with Crippen molar-refractivity contribution in [1.82, 2.24) is 4.98 Å². The molecular formula is C14H9FN2O3. The highest BCUT2D eigenvalue weighted by molar-refractivity contribution is 5.90. The van der Waals surface area contributed by atoms with Crippen molar-refractivity contribution in [3.05, 3.63) is 59.2 Å². The van der Waals surface area contributed by atoms with E-state index >= 15 is 0 Å². The summed E-state index contributed by atoms with van der Waals surface area (Å²) in [6.07, 6.45) is 2.59. The largest absolute Gasteiger partial charge is 0.486 e. The van der Waals surface area contributed by atoms with Crippen LogP contribution in [-0.2, 0) is 6.61 Å². The van der Waals surface area contributed by atoms with Crippen molar-refractivity contribution in [2.24, 2.45) is 0 Å². The summed E-state index contributed by atoms with van der Waals surface area (Å²) in [7, 11) is 0. The number of hydrogen-bond donors (Lipinski definition) is 1. The Morgan fingerprint density at radius 2 is 2.25 bits per heavy atom. The van der Waals surface area contributed by atoms with Crippen LogP contribution in [0, 0.1) is 17.1 Å². The Balaban J connectivity index is 2.18. The number of nitriles is 1. The second-order valence-electron chi connectivity index (χ2n) is 3.88. The zero-order valence-corrected chi connectivity index (χ0v) is 10.2. The van der Waals surface area contributed by atoms with E-state index in [4.69, 9.17) is 15.1 Å². The van der Waals surface area contributed by atoms with Crippen LogP contribution in [0.25, 0.3) is 0 Å².